The van der Waals surface area contributed by atoms with E-state index in [-0.39, 0.29) is 0 Å². The Balaban J connectivity index is 3.50. The molecule has 0 atom stereocenters. The zero-order chi connectivity index (χ0) is 7.72. The van der Waals surface area contributed by atoms with Gasteiger partial charge in [0.25, 0.3) is 5.56 Å². The Hall–Kier alpha value is -0.390. The van der Waals surface area contributed by atoms with Crippen LogP contribution in [0.1, 0.15) is 0 Å². The quantitative estimate of drug-likeness (QED) is 0.635. The van der Waals surface area contributed by atoms with Crippen LogP contribution in [0, 0.1) is 9.39 Å². The van der Waals surface area contributed by atoms with Crippen molar-refractivity contribution in [2.75, 3.05) is 0 Å². The normalized spacial score (nSPS) is 9.90. The predicted octanol–water partition coefficient (Wildman–Crippen LogP) is 1.13. The number of nitrogens with zero attached hydrogens (tertiary/aromatic N) is 1. The minimum Gasteiger partial charge on any atom is -0.316 e. The van der Waals surface area contributed by atoms with Crippen molar-refractivity contribution in [2.45, 2.75) is 0 Å². The van der Waals surface area contributed by atoms with Crippen LogP contribution in [0.15, 0.2) is 17.1 Å². The molecule has 1 aromatic heterocycles. The Labute approximate surface area is 70.8 Å². The number of aryl methyl sites for hydroxylation is 1. The second kappa shape index (κ2) is 2.69. The molecule has 0 amide bonds. The fourth-order valence-corrected chi connectivity index (χ4v) is 0.967. The Kier molecular flexibility index (Phi) is 2.08. The maximum absolute atomic E-state index is 12.7. The maximum atomic E-state index is 12.7. The second-order valence-corrected chi connectivity index (χ2v) is 3.06. The Morgan fingerprint density at radius 2 is 2.30 bits per heavy atom. The zero-order valence-corrected chi connectivity index (χ0v) is 7.42. The summed E-state index contributed by atoms with van der Waals surface area (Å²) in [7, 11) is 1.52. The minimum absolute atomic E-state index is 0.362. The topological polar surface area (TPSA) is 22.0 Å². The molecule has 2 nitrogen and oxygen atoms in total. The lowest BCUT2D eigenvalue weighted by Crippen LogP contribution is -2.20. The molecule has 0 N–H and O–H groups in total. The molecule has 0 fully saturated rings. The van der Waals surface area contributed by atoms with Gasteiger partial charge in [-0.1, -0.05) is 0 Å². The van der Waals surface area contributed by atoms with Crippen LogP contribution >= 0.6 is 22.6 Å². The Bertz CT molecular complexity index is 307. The second-order valence-electron chi connectivity index (χ2n) is 1.89. The molecule has 0 radical (unpaired) electrons. The maximum Gasteiger partial charge on any atom is 0.287 e. The summed E-state index contributed by atoms with van der Waals surface area (Å²) in [6.07, 6.45) is 1.53. The Morgan fingerprint density at radius 3 is 2.80 bits per heavy atom. The van der Waals surface area contributed by atoms with Crippen molar-refractivity contribution in [1.29, 1.82) is 0 Å². The van der Waals surface area contributed by atoms with Gasteiger partial charge in [-0.25, -0.2) is 0 Å². The molecule has 0 aliphatic heterocycles. The van der Waals surface area contributed by atoms with Crippen molar-refractivity contribution in [3.05, 3.63) is 32.0 Å². The van der Waals surface area contributed by atoms with Gasteiger partial charge in [-0.2, -0.15) is 4.39 Å². The van der Waals surface area contributed by atoms with Gasteiger partial charge in [0.2, 0.25) is 5.82 Å². The number of halogens is 2. The number of aromatic nitrogens is 1. The molecule has 0 unspecified atom stereocenters. The first-order valence-electron chi connectivity index (χ1n) is 2.63. The van der Waals surface area contributed by atoms with Crippen LogP contribution in [0.2, 0.25) is 0 Å². The van der Waals surface area contributed by atoms with Gasteiger partial charge in [-0.05, 0) is 28.7 Å². The highest BCUT2D eigenvalue weighted by atomic mass is 127. The smallest absolute Gasteiger partial charge is 0.287 e. The first-order chi connectivity index (χ1) is 4.63. The third-order valence-electron chi connectivity index (χ3n) is 1.16. The van der Waals surface area contributed by atoms with Crippen molar-refractivity contribution < 1.29 is 4.39 Å². The van der Waals surface area contributed by atoms with Crippen molar-refractivity contribution in [3.63, 3.8) is 0 Å². The summed E-state index contributed by atoms with van der Waals surface area (Å²) in [5.41, 5.74) is -0.577. The van der Waals surface area contributed by atoms with Gasteiger partial charge in [0, 0.05) is 13.2 Å². The highest BCUT2D eigenvalue weighted by Crippen LogP contribution is 2.03. The first-order valence-corrected chi connectivity index (χ1v) is 3.71. The van der Waals surface area contributed by atoms with Crippen molar-refractivity contribution >= 4 is 22.6 Å². The van der Waals surface area contributed by atoms with E-state index >= 15 is 0 Å². The molecule has 0 aromatic carbocycles. The lowest BCUT2D eigenvalue weighted by atomic mass is 10.5. The first kappa shape index (κ1) is 7.71. The van der Waals surface area contributed by atoms with E-state index in [9.17, 15) is 9.18 Å². The monoisotopic (exact) mass is 253 g/mol. The fourth-order valence-electron chi connectivity index (χ4n) is 0.575. The summed E-state index contributed by atoms with van der Waals surface area (Å²) in [4.78, 5) is 10.8. The summed E-state index contributed by atoms with van der Waals surface area (Å²) >= 11 is 1.78. The molecule has 10 heavy (non-hydrogen) atoms. The van der Waals surface area contributed by atoms with Crippen LogP contribution < -0.4 is 5.56 Å². The Morgan fingerprint density at radius 1 is 1.70 bits per heavy atom. The van der Waals surface area contributed by atoms with Gasteiger partial charge in [0.15, 0.2) is 0 Å². The van der Waals surface area contributed by atoms with E-state index in [1.54, 1.807) is 28.7 Å². The van der Waals surface area contributed by atoms with Crippen molar-refractivity contribution in [1.82, 2.24) is 4.57 Å². The molecule has 1 aromatic rings. The summed E-state index contributed by atoms with van der Waals surface area (Å²) in [6, 6.07) is 1.55. The number of rotatable bonds is 0. The van der Waals surface area contributed by atoms with Crippen molar-refractivity contribution in [2.24, 2.45) is 7.05 Å². The van der Waals surface area contributed by atoms with E-state index in [0.29, 0.717) is 3.57 Å². The van der Waals surface area contributed by atoms with Gasteiger partial charge in [-0.15, -0.1) is 0 Å². The van der Waals surface area contributed by atoms with Crippen molar-refractivity contribution in [3.8, 4) is 0 Å². The fraction of sp³-hybridized carbons (Fsp3) is 0.167. The molecule has 4 heteroatoms. The van der Waals surface area contributed by atoms with Gasteiger partial charge < -0.3 is 4.57 Å². The van der Waals surface area contributed by atoms with E-state index in [2.05, 4.69) is 0 Å². The SMILES string of the molecule is Cn1ccc(I)c(F)c1=O. The molecule has 0 bridgehead atoms. The molecule has 1 heterocycles. The van der Waals surface area contributed by atoms with Gasteiger partial charge in [0.1, 0.15) is 0 Å². The lowest BCUT2D eigenvalue weighted by Gasteiger charge is -1.96. The van der Waals surface area contributed by atoms with E-state index in [1.165, 1.54) is 17.8 Å². The molecular weight excluding hydrogens is 248 g/mol. The molecule has 1 rings (SSSR count). The average molecular weight is 253 g/mol. The summed E-state index contributed by atoms with van der Waals surface area (Å²) < 4.78 is 14.2. The summed E-state index contributed by atoms with van der Waals surface area (Å²) in [6.45, 7) is 0. The van der Waals surface area contributed by atoms with Gasteiger partial charge in [-0.3, -0.25) is 4.79 Å². The molecular formula is C6H5FINO. The van der Waals surface area contributed by atoms with Crippen LogP contribution in [0.25, 0.3) is 0 Å². The number of hydrogen-bond donors (Lipinski definition) is 0. The van der Waals surface area contributed by atoms with E-state index in [4.69, 9.17) is 0 Å². The zero-order valence-electron chi connectivity index (χ0n) is 5.27. The highest BCUT2D eigenvalue weighted by molar-refractivity contribution is 14.1. The van der Waals surface area contributed by atoms with Crippen LogP contribution in [0.4, 0.5) is 4.39 Å². The molecule has 54 valence electrons. The van der Waals surface area contributed by atoms with E-state index < -0.39 is 11.4 Å². The molecule has 0 saturated carbocycles. The largest absolute Gasteiger partial charge is 0.316 e. The van der Waals surface area contributed by atoms with E-state index in [1.807, 2.05) is 0 Å². The molecule has 0 spiro atoms. The van der Waals surface area contributed by atoms with Crippen LogP contribution in [-0.2, 0) is 7.05 Å². The van der Waals surface area contributed by atoms with Gasteiger partial charge in [0.05, 0.1) is 3.57 Å². The van der Waals surface area contributed by atoms with Crippen LogP contribution in [0.3, 0.4) is 0 Å². The predicted molar refractivity (Wildman–Crippen MR) is 44.4 cm³/mol. The van der Waals surface area contributed by atoms with Crippen LogP contribution in [0.5, 0.6) is 0 Å². The molecule has 0 aliphatic carbocycles. The third kappa shape index (κ3) is 1.21. The van der Waals surface area contributed by atoms with Gasteiger partial charge >= 0.3 is 0 Å². The number of pyridine rings is 1. The highest BCUT2D eigenvalue weighted by Gasteiger charge is 2.03. The van der Waals surface area contributed by atoms with E-state index in [0.717, 1.165) is 0 Å². The summed E-state index contributed by atoms with van der Waals surface area (Å²) in [5.74, 6) is -0.675. The van der Waals surface area contributed by atoms with Crippen LogP contribution in [-0.4, -0.2) is 4.57 Å². The average Bonchev–Trinajstić information content (AvgIpc) is 1.93. The molecule has 0 saturated heterocycles. The molecule has 0 aliphatic rings. The number of hydrogen-bond acceptors (Lipinski definition) is 1. The summed E-state index contributed by atoms with van der Waals surface area (Å²) in [5, 5.41) is 0. The minimum atomic E-state index is -0.675. The standard InChI is InChI=1S/C6H5FINO/c1-9-3-2-4(8)5(7)6(9)10/h2-3H,1H3. The lowest BCUT2D eigenvalue weighted by molar-refractivity contribution is 0.583. The third-order valence-corrected chi connectivity index (χ3v) is 2.00.